The lowest BCUT2D eigenvalue weighted by Gasteiger charge is -2.33. The van der Waals surface area contributed by atoms with Crippen molar-refractivity contribution in [2.24, 2.45) is 11.3 Å². The van der Waals surface area contributed by atoms with Crippen LogP contribution in [0.4, 0.5) is 9.39 Å². The van der Waals surface area contributed by atoms with Gasteiger partial charge in [-0.25, -0.2) is 9.18 Å². The Labute approximate surface area is 185 Å². The summed E-state index contributed by atoms with van der Waals surface area (Å²) in [5.41, 5.74) is 1.74. The summed E-state index contributed by atoms with van der Waals surface area (Å²) in [4.78, 5) is 27.2. The molecule has 1 amide bonds. The number of carbonyl (C=O) groups is 2. The number of hydrogen-bond donors (Lipinski definition) is 1. The summed E-state index contributed by atoms with van der Waals surface area (Å²) in [6, 6.07) is 6.04. The lowest BCUT2D eigenvalue weighted by Crippen LogP contribution is -2.26. The summed E-state index contributed by atoms with van der Waals surface area (Å²) in [5, 5.41) is 3.51. The van der Waals surface area contributed by atoms with E-state index >= 15 is 0 Å². The maximum Gasteiger partial charge on any atom is 0.341 e. The maximum atomic E-state index is 13.0. The van der Waals surface area contributed by atoms with E-state index in [9.17, 15) is 14.0 Å². The molecule has 1 atom stereocenters. The van der Waals surface area contributed by atoms with Gasteiger partial charge in [0.25, 0.3) is 0 Å². The van der Waals surface area contributed by atoms with Crippen molar-refractivity contribution in [3.8, 4) is 0 Å². The van der Waals surface area contributed by atoms with Crippen molar-refractivity contribution >= 4 is 40.0 Å². The van der Waals surface area contributed by atoms with Crippen molar-refractivity contribution in [2.75, 3.05) is 17.7 Å². The number of nitrogens with one attached hydrogen (secondary N) is 1. The molecule has 7 heteroatoms. The molecule has 0 radical (unpaired) electrons. The highest BCUT2D eigenvalue weighted by molar-refractivity contribution is 8.00. The molecular formula is C23H28FNO3S2. The molecule has 0 aliphatic heterocycles. The van der Waals surface area contributed by atoms with E-state index in [1.54, 1.807) is 19.1 Å². The van der Waals surface area contributed by atoms with Gasteiger partial charge >= 0.3 is 5.97 Å². The molecule has 0 saturated heterocycles. The molecule has 30 heavy (non-hydrogen) atoms. The van der Waals surface area contributed by atoms with Crippen molar-refractivity contribution in [1.29, 1.82) is 0 Å². The van der Waals surface area contributed by atoms with Crippen LogP contribution >= 0.6 is 23.1 Å². The van der Waals surface area contributed by atoms with Gasteiger partial charge in [-0.05, 0) is 67.3 Å². The fourth-order valence-corrected chi connectivity index (χ4v) is 5.70. The molecule has 2 aromatic rings. The second-order valence-corrected chi connectivity index (χ2v) is 10.7. The molecule has 0 spiro atoms. The summed E-state index contributed by atoms with van der Waals surface area (Å²) in [5.74, 6) is -0.149. The fraction of sp³-hybridized carbons (Fsp3) is 0.478. The number of anilines is 1. The van der Waals surface area contributed by atoms with Crippen molar-refractivity contribution < 1.29 is 18.7 Å². The summed E-state index contributed by atoms with van der Waals surface area (Å²) >= 11 is 2.83. The second kappa shape index (κ2) is 9.52. The number of thiophene rings is 1. The van der Waals surface area contributed by atoms with E-state index in [2.05, 4.69) is 26.1 Å². The van der Waals surface area contributed by atoms with Gasteiger partial charge in [0.2, 0.25) is 5.91 Å². The van der Waals surface area contributed by atoms with Crippen LogP contribution in [0.3, 0.4) is 0 Å². The number of thioether (sulfide) groups is 1. The SMILES string of the molecule is CCOC(=O)c1c(NC(=O)CSc2ccc(F)cc2)sc2c1CC[C@H](C(C)(C)C)C2. The largest absolute Gasteiger partial charge is 0.462 e. The van der Waals surface area contributed by atoms with Gasteiger partial charge < -0.3 is 10.1 Å². The van der Waals surface area contributed by atoms with Gasteiger partial charge in [0.15, 0.2) is 0 Å². The smallest absolute Gasteiger partial charge is 0.341 e. The van der Waals surface area contributed by atoms with Crippen LogP contribution in [0.5, 0.6) is 0 Å². The van der Waals surface area contributed by atoms with Crippen LogP contribution in [0.2, 0.25) is 0 Å². The van der Waals surface area contributed by atoms with Crippen LogP contribution in [-0.2, 0) is 22.4 Å². The minimum absolute atomic E-state index is 0.182. The number of rotatable bonds is 6. The van der Waals surface area contributed by atoms with Gasteiger partial charge in [-0.15, -0.1) is 23.1 Å². The van der Waals surface area contributed by atoms with E-state index in [4.69, 9.17) is 4.74 Å². The molecule has 162 valence electrons. The normalized spacial score (nSPS) is 16.1. The van der Waals surface area contributed by atoms with Gasteiger partial charge in [0.1, 0.15) is 10.8 Å². The van der Waals surface area contributed by atoms with Gasteiger partial charge in [0.05, 0.1) is 17.9 Å². The zero-order chi connectivity index (χ0) is 21.9. The van der Waals surface area contributed by atoms with Crippen LogP contribution in [0.25, 0.3) is 0 Å². The average molecular weight is 450 g/mol. The molecule has 1 N–H and O–H groups in total. The minimum atomic E-state index is -0.370. The Morgan fingerprint density at radius 1 is 1.27 bits per heavy atom. The molecule has 0 fully saturated rings. The molecule has 4 nitrogen and oxygen atoms in total. The number of hydrogen-bond acceptors (Lipinski definition) is 5. The first-order valence-electron chi connectivity index (χ1n) is 10.2. The first-order chi connectivity index (χ1) is 14.2. The predicted octanol–water partition coefficient (Wildman–Crippen LogP) is 5.95. The van der Waals surface area contributed by atoms with E-state index in [1.165, 1.54) is 40.1 Å². The molecule has 1 aromatic heterocycles. The molecule has 0 bridgehead atoms. The summed E-state index contributed by atoms with van der Waals surface area (Å²) < 4.78 is 18.3. The third kappa shape index (κ3) is 5.43. The van der Waals surface area contributed by atoms with Gasteiger partial charge in [-0.2, -0.15) is 0 Å². The minimum Gasteiger partial charge on any atom is -0.462 e. The van der Waals surface area contributed by atoms with Gasteiger partial charge in [0, 0.05) is 9.77 Å². The van der Waals surface area contributed by atoms with Crippen molar-refractivity contribution in [3.05, 3.63) is 46.1 Å². The number of esters is 1. The van der Waals surface area contributed by atoms with Crippen LogP contribution in [0.1, 0.15) is 54.9 Å². The standard InChI is InChI=1S/C23H28FNO3S2/c1-5-28-22(27)20-17-11-6-14(23(2,3)4)12-18(17)30-21(20)25-19(26)13-29-16-9-7-15(24)8-10-16/h7-10,14H,5-6,11-13H2,1-4H3,(H,25,26)/t14-/m0/s1. The van der Waals surface area contributed by atoms with E-state index in [-0.39, 0.29) is 28.9 Å². The van der Waals surface area contributed by atoms with Crippen LogP contribution in [0, 0.1) is 17.2 Å². The van der Waals surface area contributed by atoms with E-state index in [1.807, 2.05) is 0 Å². The maximum absolute atomic E-state index is 13.0. The van der Waals surface area contributed by atoms with E-state index in [0.717, 1.165) is 29.7 Å². The molecule has 1 aliphatic carbocycles. The topological polar surface area (TPSA) is 55.4 Å². The number of amides is 1. The van der Waals surface area contributed by atoms with Crippen LogP contribution in [0.15, 0.2) is 29.2 Å². The Hall–Kier alpha value is -1.86. The zero-order valence-electron chi connectivity index (χ0n) is 17.8. The lowest BCUT2D eigenvalue weighted by atomic mass is 9.72. The Morgan fingerprint density at radius 3 is 2.60 bits per heavy atom. The van der Waals surface area contributed by atoms with E-state index in [0.29, 0.717) is 23.1 Å². The molecule has 0 unspecified atom stereocenters. The highest BCUT2D eigenvalue weighted by Crippen LogP contribution is 2.44. The second-order valence-electron chi connectivity index (χ2n) is 8.52. The van der Waals surface area contributed by atoms with Crippen molar-refractivity contribution in [2.45, 2.75) is 51.9 Å². The Kier molecular flexibility index (Phi) is 7.24. The quantitative estimate of drug-likeness (QED) is 0.438. The molecule has 1 aliphatic rings. The van der Waals surface area contributed by atoms with Crippen molar-refractivity contribution in [3.63, 3.8) is 0 Å². The first-order valence-corrected chi connectivity index (χ1v) is 12.0. The van der Waals surface area contributed by atoms with Crippen molar-refractivity contribution in [1.82, 2.24) is 0 Å². The molecule has 1 aromatic carbocycles. The number of fused-ring (bicyclic) bond motifs is 1. The monoisotopic (exact) mass is 449 g/mol. The van der Waals surface area contributed by atoms with E-state index < -0.39 is 0 Å². The lowest BCUT2D eigenvalue weighted by molar-refractivity contribution is -0.113. The number of halogens is 1. The average Bonchev–Trinajstić information content (AvgIpc) is 3.04. The van der Waals surface area contributed by atoms with Crippen LogP contribution < -0.4 is 5.32 Å². The fourth-order valence-electron chi connectivity index (χ4n) is 3.67. The number of benzene rings is 1. The molecule has 0 saturated carbocycles. The molecule has 3 rings (SSSR count). The Bertz CT molecular complexity index is 916. The molecular weight excluding hydrogens is 421 g/mol. The number of ether oxygens (including phenoxy) is 1. The van der Waals surface area contributed by atoms with Gasteiger partial charge in [-0.3, -0.25) is 4.79 Å². The first kappa shape index (κ1) is 22.8. The Morgan fingerprint density at radius 2 is 1.97 bits per heavy atom. The third-order valence-electron chi connectivity index (χ3n) is 5.41. The van der Waals surface area contributed by atoms with Crippen LogP contribution in [-0.4, -0.2) is 24.2 Å². The summed E-state index contributed by atoms with van der Waals surface area (Å²) in [7, 11) is 0. The Balaban J connectivity index is 1.77. The highest BCUT2D eigenvalue weighted by Gasteiger charge is 2.34. The zero-order valence-corrected chi connectivity index (χ0v) is 19.5. The summed E-state index contributed by atoms with van der Waals surface area (Å²) in [6.07, 6.45) is 2.76. The van der Waals surface area contributed by atoms with Gasteiger partial charge in [-0.1, -0.05) is 20.8 Å². The third-order valence-corrected chi connectivity index (χ3v) is 7.59. The predicted molar refractivity (Wildman–Crippen MR) is 121 cm³/mol. The summed E-state index contributed by atoms with van der Waals surface area (Å²) in [6.45, 7) is 8.82. The molecule has 1 heterocycles. The number of carbonyl (C=O) groups excluding carboxylic acids is 2. The highest BCUT2D eigenvalue weighted by atomic mass is 32.2.